The number of likely N-dealkylation sites (tertiary alicyclic amines) is 1. The van der Waals surface area contributed by atoms with E-state index < -0.39 is 22.7 Å². The fourth-order valence-corrected chi connectivity index (χ4v) is 2.93. The van der Waals surface area contributed by atoms with E-state index in [0.717, 1.165) is 4.90 Å². The monoisotopic (exact) mass is 379 g/mol. The van der Waals surface area contributed by atoms with Crippen LogP contribution < -0.4 is 4.74 Å². The largest absolute Gasteiger partial charge is 0.497 e. The Morgan fingerprint density at radius 3 is 2.48 bits per heavy atom. The fraction of sp³-hybridized carbons (Fsp3) is 0.471. The molecule has 1 aliphatic rings. The molecule has 0 saturated carbocycles. The second-order valence-corrected chi connectivity index (χ2v) is 6.29. The predicted molar refractivity (Wildman–Crippen MR) is 93.5 cm³/mol. The van der Waals surface area contributed by atoms with Gasteiger partial charge in [0.05, 0.1) is 24.5 Å². The van der Waals surface area contributed by atoms with Crippen molar-refractivity contribution in [3.05, 3.63) is 33.9 Å². The predicted octanol–water partition coefficient (Wildman–Crippen LogP) is 0.999. The Hall–Kier alpha value is -3.17. The van der Waals surface area contributed by atoms with Gasteiger partial charge in [0.25, 0.3) is 11.6 Å². The quantitative estimate of drug-likeness (QED) is 0.576. The average Bonchev–Trinajstić information content (AvgIpc) is 2.66. The Balaban J connectivity index is 2.06. The zero-order valence-corrected chi connectivity index (χ0v) is 15.1. The van der Waals surface area contributed by atoms with Gasteiger partial charge in [0, 0.05) is 26.2 Å². The molecular weight excluding hydrogens is 358 g/mol. The van der Waals surface area contributed by atoms with Gasteiger partial charge >= 0.3 is 5.97 Å². The van der Waals surface area contributed by atoms with Gasteiger partial charge in [-0.1, -0.05) is 0 Å². The molecule has 1 aromatic rings. The molecule has 0 aromatic heterocycles. The third-order valence-electron chi connectivity index (χ3n) is 4.55. The molecule has 1 aliphatic heterocycles. The first-order chi connectivity index (χ1) is 12.7. The number of piperidine rings is 1. The van der Waals surface area contributed by atoms with Crippen LogP contribution in [-0.2, 0) is 9.59 Å². The number of carboxylic acid groups (broad SMARTS) is 1. The third kappa shape index (κ3) is 4.72. The smallest absolute Gasteiger partial charge is 0.306 e. The van der Waals surface area contributed by atoms with Gasteiger partial charge in [0.15, 0.2) is 0 Å². The summed E-state index contributed by atoms with van der Waals surface area (Å²) in [7, 11) is 2.76. The van der Waals surface area contributed by atoms with Crippen LogP contribution >= 0.6 is 0 Å². The number of carboxylic acids is 1. The Kier molecular flexibility index (Phi) is 6.32. The summed E-state index contributed by atoms with van der Waals surface area (Å²) >= 11 is 0. The van der Waals surface area contributed by atoms with Crippen LogP contribution in [0.5, 0.6) is 5.75 Å². The molecule has 0 unspecified atom stereocenters. The summed E-state index contributed by atoms with van der Waals surface area (Å²) in [6, 6.07) is 3.82. The second-order valence-electron chi connectivity index (χ2n) is 6.29. The maximum absolute atomic E-state index is 12.6. The lowest BCUT2D eigenvalue weighted by Crippen LogP contribution is -2.45. The lowest BCUT2D eigenvalue weighted by Gasteiger charge is -2.31. The molecular formula is C17H21N3O7. The molecule has 146 valence electrons. The van der Waals surface area contributed by atoms with Gasteiger partial charge in [-0.15, -0.1) is 0 Å². The zero-order valence-electron chi connectivity index (χ0n) is 15.1. The zero-order chi connectivity index (χ0) is 20.1. The Bertz CT molecular complexity index is 757. The highest BCUT2D eigenvalue weighted by molar-refractivity contribution is 6.00. The first-order valence-corrected chi connectivity index (χ1v) is 8.33. The van der Waals surface area contributed by atoms with Crippen LogP contribution in [0.2, 0.25) is 0 Å². The lowest BCUT2D eigenvalue weighted by atomic mass is 9.97. The molecule has 2 amide bonds. The number of aliphatic carboxylic acids is 1. The molecule has 0 aliphatic carbocycles. The number of nitro groups is 1. The van der Waals surface area contributed by atoms with Crippen molar-refractivity contribution in [1.82, 2.24) is 9.80 Å². The van der Waals surface area contributed by atoms with Crippen LogP contribution in [-0.4, -0.2) is 71.4 Å². The average molecular weight is 379 g/mol. The van der Waals surface area contributed by atoms with Crippen molar-refractivity contribution in [1.29, 1.82) is 0 Å². The SMILES string of the molecule is COc1ccc([N+](=O)[O-])c(C(=O)N(C)CC(=O)N2CCC(C(=O)O)CC2)c1. The van der Waals surface area contributed by atoms with Gasteiger partial charge in [-0.25, -0.2) is 0 Å². The highest BCUT2D eigenvalue weighted by Gasteiger charge is 2.29. The molecule has 1 aromatic carbocycles. The van der Waals surface area contributed by atoms with Crippen molar-refractivity contribution in [3.63, 3.8) is 0 Å². The van der Waals surface area contributed by atoms with E-state index in [2.05, 4.69) is 0 Å². The number of nitrogens with zero attached hydrogens (tertiary/aromatic N) is 3. The number of carbonyl (C=O) groups excluding carboxylic acids is 2. The maximum Gasteiger partial charge on any atom is 0.306 e. The number of amides is 2. The highest BCUT2D eigenvalue weighted by atomic mass is 16.6. The van der Waals surface area contributed by atoms with E-state index in [1.807, 2.05) is 0 Å². The fourth-order valence-electron chi connectivity index (χ4n) is 2.93. The normalized spacial score (nSPS) is 14.5. The molecule has 1 saturated heterocycles. The van der Waals surface area contributed by atoms with Gasteiger partial charge in [-0.2, -0.15) is 0 Å². The number of hydrogen-bond acceptors (Lipinski definition) is 6. The molecule has 10 nitrogen and oxygen atoms in total. The standard InChI is InChI=1S/C17H21N3O7/c1-18(10-15(21)19-7-5-11(6-8-19)17(23)24)16(22)13-9-12(27-2)3-4-14(13)20(25)26/h3-4,9,11H,5-8,10H2,1-2H3,(H,23,24). The minimum Gasteiger partial charge on any atom is -0.497 e. The van der Waals surface area contributed by atoms with Crippen LogP contribution in [0.25, 0.3) is 0 Å². The molecule has 0 radical (unpaired) electrons. The lowest BCUT2D eigenvalue weighted by molar-refractivity contribution is -0.385. The molecule has 1 heterocycles. The number of ether oxygens (including phenoxy) is 1. The topological polar surface area (TPSA) is 130 Å². The first-order valence-electron chi connectivity index (χ1n) is 8.33. The van der Waals surface area contributed by atoms with Gasteiger partial charge in [0.1, 0.15) is 11.3 Å². The number of hydrogen-bond donors (Lipinski definition) is 1. The van der Waals surface area contributed by atoms with E-state index in [9.17, 15) is 24.5 Å². The summed E-state index contributed by atoms with van der Waals surface area (Å²) in [5.41, 5.74) is -0.540. The number of likely N-dealkylation sites (N-methyl/N-ethyl adjacent to an activating group) is 1. The van der Waals surface area contributed by atoms with Crippen molar-refractivity contribution in [2.24, 2.45) is 5.92 Å². The molecule has 10 heteroatoms. The Morgan fingerprint density at radius 1 is 1.33 bits per heavy atom. The van der Waals surface area contributed by atoms with Gasteiger partial charge in [-0.05, 0) is 25.0 Å². The minimum absolute atomic E-state index is 0.167. The van der Waals surface area contributed by atoms with Gasteiger partial charge < -0.3 is 19.6 Å². The van der Waals surface area contributed by atoms with E-state index in [0.29, 0.717) is 31.7 Å². The van der Waals surface area contributed by atoms with E-state index >= 15 is 0 Å². The number of rotatable bonds is 6. The van der Waals surface area contributed by atoms with Crippen LogP contribution in [0.15, 0.2) is 18.2 Å². The summed E-state index contributed by atoms with van der Waals surface area (Å²) in [6.07, 6.45) is 0.722. The molecule has 2 rings (SSSR count). The molecule has 27 heavy (non-hydrogen) atoms. The van der Waals surface area contributed by atoms with Crippen molar-refractivity contribution in [3.8, 4) is 5.75 Å². The molecule has 1 N–H and O–H groups in total. The van der Waals surface area contributed by atoms with Crippen LogP contribution in [0.4, 0.5) is 5.69 Å². The second kappa shape index (κ2) is 8.47. The van der Waals surface area contributed by atoms with Gasteiger partial charge in [0.2, 0.25) is 5.91 Å². The number of nitro benzene ring substituents is 1. The first kappa shape index (κ1) is 20.1. The number of methoxy groups -OCH3 is 1. The Morgan fingerprint density at radius 2 is 1.96 bits per heavy atom. The van der Waals surface area contributed by atoms with Crippen LogP contribution in [0.1, 0.15) is 23.2 Å². The molecule has 0 atom stereocenters. The summed E-state index contributed by atoms with van der Waals surface area (Å²) < 4.78 is 5.01. The molecule has 0 bridgehead atoms. The van der Waals surface area contributed by atoms with Crippen molar-refractivity contribution in [2.45, 2.75) is 12.8 Å². The minimum atomic E-state index is -0.875. The van der Waals surface area contributed by atoms with Crippen molar-refractivity contribution in [2.75, 3.05) is 33.8 Å². The van der Waals surface area contributed by atoms with Gasteiger partial charge in [-0.3, -0.25) is 24.5 Å². The maximum atomic E-state index is 12.6. The summed E-state index contributed by atoms with van der Waals surface area (Å²) in [6.45, 7) is 0.346. The Labute approximate surface area is 155 Å². The highest BCUT2D eigenvalue weighted by Crippen LogP contribution is 2.25. The third-order valence-corrected chi connectivity index (χ3v) is 4.55. The van der Waals surface area contributed by atoms with Crippen LogP contribution in [0.3, 0.4) is 0 Å². The summed E-state index contributed by atoms with van der Waals surface area (Å²) in [5, 5.41) is 20.2. The number of benzene rings is 1. The van der Waals surface area contributed by atoms with E-state index in [1.165, 1.54) is 37.3 Å². The summed E-state index contributed by atoms with van der Waals surface area (Å²) in [4.78, 5) is 49.1. The van der Waals surface area contributed by atoms with Crippen LogP contribution in [0, 0.1) is 16.0 Å². The number of carbonyl (C=O) groups is 3. The summed E-state index contributed by atoms with van der Waals surface area (Å²) in [5.74, 6) is -2.05. The van der Waals surface area contributed by atoms with Crippen molar-refractivity contribution >= 4 is 23.5 Å². The van der Waals surface area contributed by atoms with E-state index in [1.54, 1.807) is 0 Å². The molecule has 1 fully saturated rings. The van der Waals surface area contributed by atoms with E-state index in [4.69, 9.17) is 9.84 Å². The van der Waals surface area contributed by atoms with Crippen molar-refractivity contribution < 1.29 is 29.2 Å². The van der Waals surface area contributed by atoms with E-state index in [-0.39, 0.29) is 23.7 Å². The molecule has 0 spiro atoms.